The molecule has 2 aliphatic rings. The summed E-state index contributed by atoms with van der Waals surface area (Å²) in [6, 6.07) is 10.0. The summed E-state index contributed by atoms with van der Waals surface area (Å²) in [7, 11) is -3.25. The number of nitrogens with zero attached hydrogens (tertiary/aromatic N) is 1. The molecule has 0 amide bonds. The molecule has 0 aliphatic carbocycles. The van der Waals surface area contributed by atoms with Gasteiger partial charge in [0.1, 0.15) is 0 Å². The van der Waals surface area contributed by atoms with Crippen LogP contribution in [0.25, 0.3) is 0 Å². The fourth-order valence-electron chi connectivity index (χ4n) is 3.66. The summed E-state index contributed by atoms with van der Waals surface area (Å²) in [6.07, 6.45) is 4.42. The highest BCUT2D eigenvalue weighted by Crippen LogP contribution is 2.23. The summed E-state index contributed by atoms with van der Waals surface area (Å²) in [5.74, 6) is 0.515. The quantitative estimate of drug-likeness (QED) is 0.851. The monoisotopic (exact) mass is 352 g/mol. The minimum Gasteiger partial charge on any atom is -0.381 e. The highest BCUT2D eigenvalue weighted by molar-refractivity contribution is 7.88. The minimum absolute atomic E-state index is 0.0642. The molecule has 0 bridgehead atoms. The van der Waals surface area contributed by atoms with E-state index in [4.69, 9.17) is 4.74 Å². The smallest absolute Gasteiger partial charge is 0.215 e. The minimum atomic E-state index is -3.25. The zero-order chi connectivity index (χ0) is 16.8. The SMILES string of the molecule is O=S(=O)(Cc1ccccc1)NCC1CCN(C2CCOCC2)CC1. The van der Waals surface area contributed by atoms with Gasteiger partial charge in [-0.1, -0.05) is 30.3 Å². The molecule has 1 N–H and O–H groups in total. The Morgan fingerprint density at radius 1 is 1.04 bits per heavy atom. The van der Waals surface area contributed by atoms with Gasteiger partial charge in [0, 0.05) is 25.8 Å². The lowest BCUT2D eigenvalue weighted by molar-refractivity contribution is 0.0214. The number of hydrogen-bond acceptors (Lipinski definition) is 4. The Bertz CT molecular complexity index is 592. The van der Waals surface area contributed by atoms with Crippen molar-refractivity contribution in [1.29, 1.82) is 0 Å². The van der Waals surface area contributed by atoms with Crippen LogP contribution in [-0.2, 0) is 20.5 Å². The molecule has 0 saturated carbocycles. The van der Waals surface area contributed by atoms with Crippen LogP contribution in [0.2, 0.25) is 0 Å². The topological polar surface area (TPSA) is 58.6 Å². The Balaban J connectivity index is 1.41. The predicted octanol–water partition coefficient (Wildman–Crippen LogP) is 2.00. The van der Waals surface area contributed by atoms with Crippen LogP contribution in [0.5, 0.6) is 0 Å². The van der Waals surface area contributed by atoms with Gasteiger partial charge in [-0.15, -0.1) is 0 Å². The maximum Gasteiger partial charge on any atom is 0.215 e. The Kier molecular flexibility index (Phi) is 6.27. The average Bonchev–Trinajstić information content (AvgIpc) is 2.62. The maximum absolute atomic E-state index is 12.2. The van der Waals surface area contributed by atoms with Gasteiger partial charge >= 0.3 is 0 Å². The fourth-order valence-corrected chi connectivity index (χ4v) is 4.88. The summed E-state index contributed by atoms with van der Waals surface area (Å²) in [4.78, 5) is 2.57. The number of benzene rings is 1. The highest BCUT2D eigenvalue weighted by atomic mass is 32.2. The van der Waals surface area contributed by atoms with Gasteiger partial charge in [0.2, 0.25) is 10.0 Å². The van der Waals surface area contributed by atoms with E-state index in [9.17, 15) is 8.42 Å². The molecule has 2 fully saturated rings. The van der Waals surface area contributed by atoms with Crippen LogP contribution in [0.15, 0.2) is 30.3 Å². The molecule has 134 valence electrons. The second-order valence-corrected chi connectivity index (χ2v) is 8.72. The van der Waals surface area contributed by atoms with Gasteiger partial charge in [0.15, 0.2) is 0 Å². The van der Waals surface area contributed by atoms with Crippen LogP contribution in [0.4, 0.5) is 0 Å². The lowest BCUT2D eigenvalue weighted by atomic mass is 9.94. The Hall–Kier alpha value is -0.950. The first-order chi connectivity index (χ1) is 11.6. The standard InChI is InChI=1S/C18H28N2O3S/c21-24(22,15-17-4-2-1-3-5-17)19-14-16-6-10-20(11-7-16)18-8-12-23-13-9-18/h1-5,16,18-19H,6-15H2. The van der Waals surface area contributed by atoms with Gasteiger partial charge in [-0.05, 0) is 50.3 Å². The first-order valence-electron chi connectivity index (χ1n) is 8.95. The van der Waals surface area contributed by atoms with Crippen LogP contribution in [0.1, 0.15) is 31.2 Å². The lowest BCUT2D eigenvalue weighted by Gasteiger charge is -2.39. The van der Waals surface area contributed by atoms with E-state index < -0.39 is 10.0 Å². The number of sulfonamides is 1. The van der Waals surface area contributed by atoms with Gasteiger partial charge in [-0.3, -0.25) is 0 Å². The van der Waals surface area contributed by atoms with Crippen molar-refractivity contribution in [2.45, 2.75) is 37.5 Å². The molecule has 0 radical (unpaired) electrons. The third kappa shape index (κ3) is 5.28. The molecule has 1 aromatic rings. The highest BCUT2D eigenvalue weighted by Gasteiger charge is 2.27. The molecule has 6 heteroatoms. The van der Waals surface area contributed by atoms with Crippen molar-refractivity contribution in [1.82, 2.24) is 9.62 Å². The first-order valence-corrected chi connectivity index (χ1v) is 10.6. The molecule has 0 aromatic heterocycles. The van der Waals surface area contributed by atoms with Crippen molar-refractivity contribution in [3.63, 3.8) is 0 Å². The van der Waals surface area contributed by atoms with E-state index in [1.54, 1.807) is 0 Å². The summed E-state index contributed by atoms with van der Waals surface area (Å²) in [5, 5.41) is 0. The lowest BCUT2D eigenvalue weighted by Crippen LogP contribution is -2.45. The molecule has 2 heterocycles. The first kappa shape index (κ1) is 17.9. The number of hydrogen-bond donors (Lipinski definition) is 1. The largest absolute Gasteiger partial charge is 0.381 e. The van der Waals surface area contributed by atoms with E-state index in [0.717, 1.165) is 57.6 Å². The number of likely N-dealkylation sites (tertiary alicyclic amines) is 1. The molecule has 5 nitrogen and oxygen atoms in total. The van der Waals surface area contributed by atoms with Gasteiger partial charge < -0.3 is 9.64 Å². The van der Waals surface area contributed by atoms with Crippen LogP contribution in [0.3, 0.4) is 0 Å². The number of nitrogens with one attached hydrogen (secondary N) is 1. The van der Waals surface area contributed by atoms with Crippen LogP contribution in [0, 0.1) is 5.92 Å². The molecule has 0 unspecified atom stereocenters. The normalized spacial score (nSPS) is 21.8. The zero-order valence-electron chi connectivity index (χ0n) is 14.2. The predicted molar refractivity (Wildman–Crippen MR) is 95.2 cm³/mol. The molecular weight excluding hydrogens is 324 g/mol. The second kappa shape index (κ2) is 8.43. The van der Waals surface area contributed by atoms with Gasteiger partial charge in [-0.2, -0.15) is 0 Å². The average molecular weight is 353 g/mol. The number of piperidine rings is 1. The van der Waals surface area contributed by atoms with Gasteiger partial charge in [0.25, 0.3) is 0 Å². The van der Waals surface area contributed by atoms with Crippen molar-refractivity contribution >= 4 is 10.0 Å². The van der Waals surface area contributed by atoms with Gasteiger partial charge in [-0.25, -0.2) is 13.1 Å². The third-order valence-corrected chi connectivity index (χ3v) is 6.47. The van der Waals surface area contributed by atoms with Crippen LogP contribution < -0.4 is 4.72 Å². The fraction of sp³-hybridized carbons (Fsp3) is 0.667. The summed E-state index contributed by atoms with van der Waals surface area (Å²) in [5.41, 5.74) is 0.833. The van der Waals surface area contributed by atoms with E-state index >= 15 is 0 Å². The summed E-state index contributed by atoms with van der Waals surface area (Å²) >= 11 is 0. The Labute approximate surface area is 145 Å². The maximum atomic E-state index is 12.2. The molecule has 24 heavy (non-hydrogen) atoms. The summed E-state index contributed by atoms with van der Waals surface area (Å²) in [6.45, 7) is 4.48. The zero-order valence-corrected chi connectivity index (χ0v) is 15.0. The van der Waals surface area contributed by atoms with E-state index in [0.29, 0.717) is 18.5 Å². The van der Waals surface area contributed by atoms with E-state index in [2.05, 4.69) is 9.62 Å². The Morgan fingerprint density at radius 3 is 2.38 bits per heavy atom. The summed E-state index contributed by atoms with van der Waals surface area (Å²) < 4.78 is 32.7. The molecule has 0 spiro atoms. The van der Waals surface area contributed by atoms with Crippen LogP contribution in [-0.4, -0.2) is 52.2 Å². The molecule has 0 atom stereocenters. The third-order valence-electron chi connectivity index (χ3n) is 5.15. The molecule has 2 aliphatic heterocycles. The van der Waals surface area contributed by atoms with Crippen molar-refractivity contribution in [2.75, 3.05) is 32.8 Å². The van der Waals surface area contributed by atoms with Crippen molar-refractivity contribution in [2.24, 2.45) is 5.92 Å². The number of ether oxygens (including phenoxy) is 1. The van der Waals surface area contributed by atoms with E-state index in [1.165, 1.54) is 0 Å². The van der Waals surface area contributed by atoms with Crippen LogP contribution >= 0.6 is 0 Å². The van der Waals surface area contributed by atoms with Crippen molar-refractivity contribution < 1.29 is 13.2 Å². The molecule has 3 rings (SSSR count). The molecular formula is C18H28N2O3S. The van der Waals surface area contributed by atoms with Crippen molar-refractivity contribution in [3.8, 4) is 0 Å². The number of rotatable bonds is 6. The van der Waals surface area contributed by atoms with E-state index in [1.807, 2.05) is 30.3 Å². The molecule has 1 aromatic carbocycles. The van der Waals surface area contributed by atoms with Crippen molar-refractivity contribution in [3.05, 3.63) is 35.9 Å². The Morgan fingerprint density at radius 2 is 1.71 bits per heavy atom. The second-order valence-electron chi connectivity index (χ2n) is 6.92. The van der Waals surface area contributed by atoms with E-state index in [-0.39, 0.29) is 5.75 Å². The molecule has 2 saturated heterocycles. The van der Waals surface area contributed by atoms with Gasteiger partial charge in [0.05, 0.1) is 5.75 Å².